The fourth-order valence-corrected chi connectivity index (χ4v) is 5.39. The predicted octanol–water partition coefficient (Wildman–Crippen LogP) is 3.33. The number of sulfonamides is 1. The third-order valence-corrected chi connectivity index (χ3v) is 7.45. The highest BCUT2D eigenvalue weighted by molar-refractivity contribution is 9.10. The summed E-state index contributed by atoms with van der Waals surface area (Å²) in [6.07, 6.45) is 1.26. The number of fused-ring (bicyclic) bond motifs is 1. The first-order valence-electron chi connectivity index (χ1n) is 9.52. The standard InChI is InChI=1S/C21H17BrN4O5S/c22-14-4-5-16-15(10-14)20(25-17-3-1-2-13(11-23)19(17)21(27)28)18(12-24-16)32(29,30)26-6-8-31-9-7-26/h1-5,10,12H,6-9H2,(H,24,25)(H,27,28). The predicted molar refractivity (Wildman–Crippen MR) is 120 cm³/mol. The van der Waals surface area contributed by atoms with Gasteiger partial charge >= 0.3 is 5.97 Å². The number of nitrogens with zero attached hydrogens (tertiary/aromatic N) is 3. The molecule has 0 unspecified atom stereocenters. The largest absolute Gasteiger partial charge is 0.478 e. The zero-order valence-electron chi connectivity index (χ0n) is 16.6. The van der Waals surface area contributed by atoms with Gasteiger partial charge in [0.15, 0.2) is 0 Å². The lowest BCUT2D eigenvalue weighted by Crippen LogP contribution is -2.40. The Morgan fingerprint density at radius 3 is 2.69 bits per heavy atom. The molecule has 1 aromatic heterocycles. The molecule has 0 saturated carbocycles. The smallest absolute Gasteiger partial charge is 0.339 e. The SMILES string of the molecule is N#Cc1cccc(Nc2c(S(=O)(=O)N3CCOCC3)cnc3ccc(Br)cc23)c1C(=O)O. The highest BCUT2D eigenvalue weighted by atomic mass is 79.9. The van der Waals surface area contributed by atoms with Gasteiger partial charge in [0.25, 0.3) is 0 Å². The van der Waals surface area contributed by atoms with E-state index in [0.29, 0.717) is 15.4 Å². The molecule has 1 aliphatic rings. The molecule has 0 radical (unpaired) electrons. The maximum Gasteiger partial charge on any atom is 0.339 e. The third kappa shape index (κ3) is 4.05. The number of hydrogen-bond donors (Lipinski definition) is 2. The first kappa shape index (κ1) is 22.2. The summed E-state index contributed by atoms with van der Waals surface area (Å²) < 4.78 is 34.2. The lowest BCUT2D eigenvalue weighted by Gasteiger charge is -2.27. The molecule has 1 saturated heterocycles. The number of anilines is 2. The van der Waals surface area contributed by atoms with Crippen LogP contribution in [0.15, 0.2) is 52.0 Å². The molecular weight excluding hydrogens is 500 g/mol. The van der Waals surface area contributed by atoms with Crippen LogP contribution in [0.5, 0.6) is 0 Å². The second-order valence-corrected chi connectivity index (χ2v) is 9.77. The van der Waals surface area contributed by atoms with E-state index >= 15 is 0 Å². The van der Waals surface area contributed by atoms with E-state index in [1.807, 2.05) is 6.07 Å². The first-order chi connectivity index (χ1) is 15.3. The molecule has 11 heteroatoms. The number of nitrogens with one attached hydrogen (secondary N) is 1. The van der Waals surface area contributed by atoms with Gasteiger partial charge in [0, 0.05) is 29.1 Å². The molecule has 0 aliphatic carbocycles. The van der Waals surface area contributed by atoms with Gasteiger partial charge in [0.1, 0.15) is 16.5 Å². The number of morpholine rings is 1. The first-order valence-corrected chi connectivity index (χ1v) is 11.8. The lowest BCUT2D eigenvalue weighted by molar-refractivity contribution is 0.0697. The molecule has 2 heterocycles. The number of halogens is 1. The van der Waals surface area contributed by atoms with Crippen molar-refractivity contribution >= 4 is 54.2 Å². The summed E-state index contributed by atoms with van der Waals surface area (Å²) in [5.74, 6) is -1.30. The van der Waals surface area contributed by atoms with Crippen molar-refractivity contribution in [1.29, 1.82) is 5.26 Å². The van der Waals surface area contributed by atoms with Crippen molar-refractivity contribution in [2.75, 3.05) is 31.6 Å². The number of carbonyl (C=O) groups is 1. The van der Waals surface area contributed by atoms with Crippen LogP contribution in [0.4, 0.5) is 11.4 Å². The van der Waals surface area contributed by atoms with Crippen LogP contribution in [0.2, 0.25) is 0 Å². The molecule has 0 atom stereocenters. The van der Waals surface area contributed by atoms with Gasteiger partial charge in [-0.25, -0.2) is 13.2 Å². The van der Waals surface area contributed by atoms with Crippen LogP contribution in [0, 0.1) is 11.3 Å². The van der Waals surface area contributed by atoms with Crippen molar-refractivity contribution in [1.82, 2.24) is 9.29 Å². The number of benzene rings is 2. The van der Waals surface area contributed by atoms with E-state index in [-0.39, 0.29) is 53.7 Å². The zero-order valence-corrected chi connectivity index (χ0v) is 19.0. The van der Waals surface area contributed by atoms with Crippen LogP contribution < -0.4 is 5.32 Å². The number of rotatable bonds is 5. The molecule has 1 fully saturated rings. The van der Waals surface area contributed by atoms with Crippen molar-refractivity contribution in [2.45, 2.75) is 4.90 Å². The summed E-state index contributed by atoms with van der Waals surface area (Å²) in [4.78, 5) is 16.1. The van der Waals surface area contributed by atoms with Crippen LogP contribution in [0.25, 0.3) is 10.9 Å². The quantitative estimate of drug-likeness (QED) is 0.527. The van der Waals surface area contributed by atoms with Crippen molar-refractivity contribution in [3.8, 4) is 6.07 Å². The molecule has 0 bridgehead atoms. The maximum absolute atomic E-state index is 13.5. The minimum atomic E-state index is -3.97. The summed E-state index contributed by atoms with van der Waals surface area (Å²) in [7, 11) is -3.97. The van der Waals surface area contributed by atoms with Crippen molar-refractivity contribution in [2.24, 2.45) is 0 Å². The monoisotopic (exact) mass is 516 g/mol. The summed E-state index contributed by atoms with van der Waals surface area (Å²) in [5.41, 5.74) is 0.511. The van der Waals surface area contributed by atoms with Gasteiger partial charge in [-0.1, -0.05) is 22.0 Å². The van der Waals surface area contributed by atoms with Gasteiger partial charge in [-0.2, -0.15) is 9.57 Å². The normalized spacial score (nSPS) is 14.8. The highest BCUT2D eigenvalue weighted by Crippen LogP contribution is 2.36. The average Bonchev–Trinajstić information content (AvgIpc) is 2.79. The van der Waals surface area contributed by atoms with Gasteiger partial charge in [-0.05, 0) is 30.3 Å². The van der Waals surface area contributed by atoms with E-state index in [0.717, 1.165) is 0 Å². The summed E-state index contributed by atoms with van der Waals surface area (Å²) in [6, 6.07) is 11.5. The number of pyridine rings is 1. The van der Waals surface area contributed by atoms with Crippen molar-refractivity contribution in [3.05, 3.63) is 58.2 Å². The van der Waals surface area contributed by atoms with Crippen molar-refractivity contribution in [3.63, 3.8) is 0 Å². The van der Waals surface area contributed by atoms with Crippen LogP contribution in [0.1, 0.15) is 15.9 Å². The second-order valence-electron chi connectivity index (χ2n) is 6.95. The van der Waals surface area contributed by atoms with E-state index in [1.54, 1.807) is 18.2 Å². The van der Waals surface area contributed by atoms with Crippen LogP contribution in [-0.4, -0.2) is 55.1 Å². The van der Waals surface area contributed by atoms with E-state index < -0.39 is 16.0 Å². The molecule has 164 valence electrons. The topological polar surface area (TPSA) is 133 Å². The Balaban J connectivity index is 1.96. The molecular formula is C21H17BrN4O5S. The molecule has 32 heavy (non-hydrogen) atoms. The third-order valence-electron chi connectivity index (χ3n) is 5.04. The van der Waals surface area contributed by atoms with E-state index in [1.165, 1.54) is 28.7 Å². The number of carboxylic acids is 1. The number of aromatic carboxylic acids is 1. The molecule has 3 aromatic rings. The Kier molecular flexibility index (Phi) is 6.12. The summed E-state index contributed by atoms with van der Waals surface area (Å²) in [5, 5.41) is 22.5. The molecule has 2 aromatic carbocycles. The van der Waals surface area contributed by atoms with Crippen molar-refractivity contribution < 1.29 is 23.1 Å². The molecule has 2 N–H and O–H groups in total. The minimum absolute atomic E-state index is 0.0420. The zero-order chi connectivity index (χ0) is 22.9. The molecule has 1 aliphatic heterocycles. The Bertz CT molecular complexity index is 1360. The Morgan fingerprint density at radius 1 is 1.25 bits per heavy atom. The number of carboxylic acid groups (broad SMARTS) is 1. The number of ether oxygens (including phenoxy) is 1. The van der Waals surface area contributed by atoms with Gasteiger partial charge in [-0.3, -0.25) is 4.98 Å². The lowest BCUT2D eigenvalue weighted by atomic mass is 10.1. The highest BCUT2D eigenvalue weighted by Gasteiger charge is 2.31. The summed E-state index contributed by atoms with van der Waals surface area (Å²) in [6.45, 7) is 0.953. The molecule has 0 spiro atoms. The maximum atomic E-state index is 13.5. The van der Waals surface area contributed by atoms with Gasteiger partial charge in [0.2, 0.25) is 10.0 Å². The fourth-order valence-electron chi connectivity index (χ4n) is 3.51. The van der Waals surface area contributed by atoms with Gasteiger partial charge in [-0.15, -0.1) is 0 Å². The van der Waals surface area contributed by atoms with Crippen LogP contribution in [-0.2, 0) is 14.8 Å². The Hall–Kier alpha value is -3.04. The van der Waals surface area contributed by atoms with Crippen LogP contribution in [0.3, 0.4) is 0 Å². The average molecular weight is 517 g/mol. The number of nitriles is 1. The molecule has 0 amide bonds. The van der Waals surface area contributed by atoms with Gasteiger partial charge < -0.3 is 15.2 Å². The van der Waals surface area contributed by atoms with E-state index in [2.05, 4.69) is 26.2 Å². The second kappa shape index (κ2) is 8.84. The minimum Gasteiger partial charge on any atom is -0.478 e. The summed E-state index contributed by atoms with van der Waals surface area (Å²) >= 11 is 3.40. The van der Waals surface area contributed by atoms with E-state index in [9.17, 15) is 23.6 Å². The number of hydrogen-bond acceptors (Lipinski definition) is 7. The molecule has 9 nitrogen and oxygen atoms in total. The van der Waals surface area contributed by atoms with Gasteiger partial charge in [0.05, 0.1) is 35.7 Å². The van der Waals surface area contributed by atoms with Crippen LogP contribution >= 0.6 is 15.9 Å². The molecule has 4 rings (SSSR count). The Morgan fingerprint density at radius 2 is 2.00 bits per heavy atom. The van der Waals surface area contributed by atoms with E-state index in [4.69, 9.17) is 4.74 Å². The Labute approximate surface area is 192 Å². The fraction of sp³-hybridized carbons (Fsp3) is 0.190. The number of aromatic nitrogens is 1.